The fourth-order valence-electron chi connectivity index (χ4n) is 2.17. The molecular weight excluding hydrogens is 351 g/mol. The third-order valence-electron chi connectivity index (χ3n) is 3.48. The standard InChI is InChI=1S/C18H12F3NO2S/c1-11-2-7-16(12-3-5-13(6-4-12)18(19,20)21)22-17(11)24-14-8-15(9-23)25-10-14/h2-10H,1H3. The third kappa shape index (κ3) is 3.88. The normalized spacial score (nSPS) is 11.4. The van der Waals surface area contributed by atoms with Crippen LogP contribution in [0.2, 0.25) is 0 Å². The molecule has 0 atom stereocenters. The van der Waals surface area contributed by atoms with Crippen LogP contribution in [0.4, 0.5) is 13.2 Å². The Morgan fingerprint density at radius 2 is 1.84 bits per heavy atom. The van der Waals surface area contributed by atoms with E-state index >= 15 is 0 Å². The molecule has 2 heterocycles. The number of nitrogens with zero attached hydrogens (tertiary/aromatic N) is 1. The van der Waals surface area contributed by atoms with Gasteiger partial charge in [0.25, 0.3) is 0 Å². The molecule has 0 aliphatic rings. The molecule has 3 aromatic rings. The van der Waals surface area contributed by atoms with Crippen LogP contribution in [-0.4, -0.2) is 11.3 Å². The van der Waals surface area contributed by atoms with Gasteiger partial charge in [-0.05, 0) is 25.1 Å². The van der Waals surface area contributed by atoms with Crippen LogP contribution in [0.5, 0.6) is 11.6 Å². The summed E-state index contributed by atoms with van der Waals surface area (Å²) in [7, 11) is 0. The minimum absolute atomic E-state index is 0.340. The molecule has 2 aromatic heterocycles. The van der Waals surface area contributed by atoms with Crippen LogP contribution >= 0.6 is 11.3 Å². The Balaban J connectivity index is 1.89. The lowest BCUT2D eigenvalue weighted by Gasteiger charge is -2.10. The van der Waals surface area contributed by atoms with Crippen LogP contribution in [0.15, 0.2) is 47.8 Å². The molecule has 3 nitrogen and oxygen atoms in total. The molecule has 128 valence electrons. The smallest absolute Gasteiger partial charge is 0.416 e. The van der Waals surface area contributed by atoms with Gasteiger partial charge >= 0.3 is 6.18 Å². The summed E-state index contributed by atoms with van der Waals surface area (Å²) in [5.74, 6) is 0.833. The number of aldehydes is 1. The Hall–Kier alpha value is -2.67. The number of carbonyl (C=O) groups is 1. The van der Waals surface area contributed by atoms with Gasteiger partial charge in [0.2, 0.25) is 5.88 Å². The Labute approximate surface area is 145 Å². The zero-order valence-corrected chi connectivity index (χ0v) is 13.8. The zero-order valence-electron chi connectivity index (χ0n) is 13.0. The molecule has 0 aliphatic heterocycles. The second-order valence-corrected chi connectivity index (χ2v) is 6.24. The van der Waals surface area contributed by atoms with Crippen molar-refractivity contribution in [3.05, 3.63) is 63.8 Å². The Bertz CT molecular complexity index is 901. The minimum atomic E-state index is -4.37. The van der Waals surface area contributed by atoms with Gasteiger partial charge in [-0.25, -0.2) is 4.98 Å². The van der Waals surface area contributed by atoms with Crippen molar-refractivity contribution in [3.8, 4) is 22.9 Å². The predicted molar refractivity (Wildman–Crippen MR) is 89.2 cm³/mol. The van der Waals surface area contributed by atoms with Crippen LogP contribution in [0.3, 0.4) is 0 Å². The topological polar surface area (TPSA) is 39.2 Å². The number of thiophene rings is 1. The summed E-state index contributed by atoms with van der Waals surface area (Å²) in [6.45, 7) is 1.81. The van der Waals surface area contributed by atoms with Crippen molar-refractivity contribution >= 4 is 17.6 Å². The van der Waals surface area contributed by atoms with Gasteiger partial charge in [0.1, 0.15) is 5.75 Å². The highest BCUT2D eigenvalue weighted by Gasteiger charge is 2.30. The van der Waals surface area contributed by atoms with E-state index in [0.717, 1.165) is 24.0 Å². The summed E-state index contributed by atoms with van der Waals surface area (Å²) in [6.07, 6.45) is -3.64. The van der Waals surface area contributed by atoms with E-state index in [1.165, 1.54) is 23.5 Å². The monoisotopic (exact) mass is 363 g/mol. The maximum Gasteiger partial charge on any atom is 0.416 e. The van der Waals surface area contributed by atoms with E-state index in [1.54, 1.807) is 23.6 Å². The molecule has 0 unspecified atom stereocenters. The molecular formula is C18H12F3NO2S. The van der Waals surface area contributed by atoms with Crippen LogP contribution in [0.25, 0.3) is 11.3 Å². The maximum atomic E-state index is 12.7. The molecule has 25 heavy (non-hydrogen) atoms. The van der Waals surface area contributed by atoms with Gasteiger partial charge in [0.05, 0.1) is 16.1 Å². The van der Waals surface area contributed by atoms with Gasteiger partial charge in [-0.3, -0.25) is 4.79 Å². The molecule has 0 fully saturated rings. The molecule has 7 heteroatoms. The highest BCUT2D eigenvalue weighted by atomic mass is 32.1. The summed E-state index contributed by atoms with van der Waals surface area (Å²) < 4.78 is 43.7. The molecule has 0 amide bonds. The van der Waals surface area contributed by atoms with Crippen molar-refractivity contribution in [3.63, 3.8) is 0 Å². The molecule has 0 bridgehead atoms. The number of halogens is 3. The van der Waals surface area contributed by atoms with E-state index in [-0.39, 0.29) is 0 Å². The zero-order chi connectivity index (χ0) is 18.0. The van der Waals surface area contributed by atoms with Gasteiger partial charge in [-0.1, -0.05) is 18.2 Å². The quantitative estimate of drug-likeness (QED) is 0.555. The van der Waals surface area contributed by atoms with Crippen molar-refractivity contribution < 1.29 is 22.7 Å². The number of carbonyl (C=O) groups excluding carboxylic acids is 1. The summed E-state index contributed by atoms with van der Waals surface area (Å²) in [5, 5.41) is 1.69. The Morgan fingerprint density at radius 1 is 1.12 bits per heavy atom. The number of aryl methyl sites for hydroxylation is 1. The SMILES string of the molecule is Cc1ccc(-c2ccc(C(F)(F)F)cc2)nc1Oc1csc(C=O)c1. The van der Waals surface area contributed by atoms with Crippen LogP contribution < -0.4 is 4.74 Å². The first-order valence-corrected chi connectivity index (χ1v) is 8.11. The lowest BCUT2D eigenvalue weighted by Crippen LogP contribution is -2.04. The van der Waals surface area contributed by atoms with Gasteiger partial charge in [0, 0.05) is 22.6 Å². The maximum absolute atomic E-state index is 12.7. The molecule has 0 N–H and O–H groups in total. The van der Waals surface area contributed by atoms with E-state index in [4.69, 9.17) is 4.74 Å². The number of alkyl halides is 3. The third-order valence-corrected chi connectivity index (χ3v) is 4.32. The molecule has 0 radical (unpaired) electrons. The van der Waals surface area contributed by atoms with Crippen molar-refractivity contribution in [2.75, 3.05) is 0 Å². The largest absolute Gasteiger partial charge is 0.438 e. The molecule has 0 aliphatic carbocycles. The average molecular weight is 363 g/mol. The first kappa shape index (κ1) is 17.2. The van der Waals surface area contributed by atoms with Crippen molar-refractivity contribution in [1.29, 1.82) is 0 Å². The average Bonchev–Trinajstić information content (AvgIpc) is 3.04. The van der Waals surface area contributed by atoms with E-state index in [0.29, 0.717) is 27.8 Å². The number of hydrogen-bond donors (Lipinski definition) is 0. The van der Waals surface area contributed by atoms with Gasteiger partial charge in [-0.15, -0.1) is 11.3 Å². The number of benzene rings is 1. The number of ether oxygens (including phenoxy) is 1. The first-order valence-electron chi connectivity index (χ1n) is 7.23. The highest BCUT2D eigenvalue weighted by molar-refractivity contribution is 7.11. The van der Waals surface area contributed by atoms with Crippen LogP contribution in [-0.2, 0) is 6.18 Å². The lowest BCUT2D eigenvalue weighted by molar-refractivity contribution is -0.137. The lowest BCUT2D eigenvalue weighted by atomic mass is 10.1. The van der Waals surface area contributed by atoms with E-state index in [1.807, 2.05) is 6.92 Å². The molecule has 0 saturated carbocycles. The van der Waals surface area contributed by atoms with Crippen molar-refractivity contribution in [2.24, 2.45) is 0 Å². The fourth-order valence-corrected chi connectivity index (χ4v) is 2.77. The van der Waals surface area contributed by atoms with Crippen molar-refractivity contribution in [2.45, 2.75) is 13.1 Å². The Kier molecular flexibility index (Phi) is 4.59. The van der Waals surface area contributed by atoms with Crippen LogP contribution in [0, 0.1) is 6.92 Å². The summed E-state index contributed by atoms with van der Waals surface area (Å²) >= 11 is 1.25. The van der Waals surface area contributed by atoms with E-state index < -0.39 is 11.7 Å². The number of rotatable bonds is 4. The first-order chi connectivity index (χ1) is 11.9. The molecule has 0 spiro atoms. The molecule has 1 aromatic carbocycles. The number of aromatic nitrogens is 1. The predicted octanol–water partition coefficient (Wildman–Crippen LogP) is 5.74. The molecule has 0 saturated heterocycles. The fraction of sp³-hybridized carbons (Fsp3) is 0.111. The van der Waals surface area contributed by atoms with Crippen molar-refractivity contribution in [1.82, 2.24) is 4.98 Å². The van der Waals surface area contributed by atoms with Gasteiger partial charge in [-0.2, -0.15) is 13.2 Å². The summed E-state index contributed by atoms with van der Waals surface area (Å²) in [5.41, 5.74) is 1.12. The van der Waals surface area contributed by atoms with E-state index in [2.05, 4.69) is 4.98 Å². The van der Waals surface area contributed by atoms with Gasteiger partial charge < -0.3 is 4.74 Å². The second-order valence-electron chi connectivity index (χ2n) is 5.30. The highest BCUT2D eigenvalue weighted by Crippen LogP contribution is 2.32. The summed E-state index contributed by atoms with van der Waals surface area (Å²) in [4.78, 5) is 15.6. The van der Waals surface area contributed by atoms with Crippen LogP contribution in [0.1, 0.15) is 20.8 Å². The van der Waals surface area contributed by atoms with E-state index in [9.17, 15) is 18.0 Å². The number of pyridine rings is 1. The molecule has 3 rings (SSSR count). The number of hydrogen-bond acceptors (Lipinski definition) is 4. The second kappa shape index (κ2) is 6.68. The minimum Gasteiger partial charge on any atom is -0.438 e. The van der Waals surface area contributed by atoms with Gasteiger partial charge in [0.15, 0.2) is 6.29 Å². The summed E-state index contributed by atoms with van der Waals surface area (Å²) in [6, 6.07) is 9.89. The Morgan fingerprint density at radius 3 is 2.44 bits per heavy atom.